The second-order valence-electron chi connectivity index (χ2n) is 6.23. The monoisotopic (exact) mass is 313 g/mol. The number of benzene rings is 1. The lowest BCUT2D eigenvalue weighted by Crippen LogP contribution is -2.52. The van der Waals surface area contributed by atoms with Crippen LogP contribution in [0.2, 0.25) is 0 Å². The topological polar surface area (TPSA) is 52.7 Å². The van der Waals surface area contributed by atoms with Crippen LogP contribution in [0.15, 0.2) is 30.5 Å². The van der Waals surface area contributed by atoms with Gasteiger partial charge in [0.05, 0.1) is 12.5 Å². The van der Waals surface area contributed by atoms with Crippen molar-refractivity contribution in [1.29, 1.82) is 0 Å². The highest BCUT2D eigenvalue weighted by atomic mass is 16.2. The van der Waals surface area contributed by atoms with Crippen LogP contribution in [0.1, 0.15) is 37.4 Å². The minimum atomic E-state index is -0.219. The van der Waals surface area contributed by atoms with Gasteiger partial charge >= 0.3 is 0 Å². The Labute approximate surface area is 137 Å². The van der Waals surface area contributed by atoms with Crippen molar-refractivity contribution in [2.45, 2.75) is 32.4 Å². The van der Waals surface area contributed by atoms with Gasteiger partial charge in [0.15, 0.2) is 0 Å². The maximum atomic E-state index is 12.8. The summed E-state index contributed by atoms with van der Waals surface area (Å²) in [5.74, 6) is 0.0715. The fraction of sp³-hybridized carbons (Fsp3) is 0.444. The lowest BCUT2D eigenvalue weighted by molar-refractivity contribution is -0.136. The lowest BCUT2D eigenvalue weighted by Gasteiger charge is -2.37. The van der Waals surface area contributed by atoms with Crippen molar-refractivity contribution in [1.82, 2.24) is 15.1 Å². The van der Waals surface area contributed by atoms with E-state index in [0.29, 0.717) is 6.42 Å². The Morgan fingerprint density at radius 1 is 1.30 bits per heavy atom. The minimum Gasteiger partial charge on any atom is -0.337 e. The van der Waals surface area contributed by atoms with Gasteiger partial charge in [0.2, 0.25) is 11.8 Å². The fourth-order valence-corrected chi connectivity index (χ4v) is 3.41. The first kappa shape index (κ1) is 15.7. The molecule has 5 nitrogen and oxygen atoms in total. The number of amides is 2. The predicted molar refractivity (Wildman–Crippen MR) is 89.4 cm³/mol. The number of carbonyl (C=O) groups is 2. The van der Waals surface area contributed by atoms with E-state index < -0.39 is 0 Å². The largest absolute Gasteiger partial charge is 0.337 e. The van der Waals surface area contributed by atoms with Gasteiger partial charge in [-0.15, -0.1) is 0 Å². The highest BCUT2D eigenvalue weighted by Gasteiger charge is 2.31. The lowest BCUT2D eigenvalue weighted by atomic mass is 9.93. The molecular formula is C18H23N3O2. The molecule has 2 atom stereocenters. The van der Waals surface area contributed by atoms with Crippen molar-refractivity contribution >= 4 is 17.9 Å². The molecular weight excluding hydrogens is 290 g/mol. The zero-order valence-corrected chi connectivity index (χ0v) is 13.7. The van der Waals surface area contributed by atoms with Gasteiger partial charge in [-0.1, -0.05) is 24.3 Å². The van der Waals surface area contributed by atoms with E-state index in [1.807, 2.05) is 35.2 Å². The van der Waals surface area contributed by atoms with Crippen LogP contribution in [-0.2, 0) is 9.59 Å². The highest BCUT2D eigenvalue weighted by Crippen LogP contribution is 2.33. The molecule has 2 amide bonds. The molecule has 5 heteroatoms. The Morgan fingerprint density at radius 2 is 2.09 bits per heavy atom. The summed E-state index contributed by atoms with van der Waals surface area (Å²) in [6.45, 7) is 5.98. The molecule has 0 spiro atoms. The van der Waals surface area contributed by atoms with Gasteiger partial charge in [0.1, 0.15) is 0 Å². The van der Waals surface area contributed by atoms with Crippen LogP contribution >= 0.6 is 0 Å². The third-order valence-corrected chi connectivity index (χ3v) is 4.66. The molecule has 122 valence electrons. The quantitative estimate of drug-likeness (QED) is 0.905. The molecule has 2 aliphatic heterocycles. The second-order valence-corrected chi connectivity index (χ2v) is 6.23. The van der Waals surface area contributed by atoms with Gasteiger partial charge in [-0.25, -0.2) is 0 Å². The Balaban J connectivity index is 1.84. The first-order chi connectivity index (χ1) is 11.1. The van der Waals surface area contributed by atoms with Gasteiger partial charge in [-0.2, -0.15) is 0 Å². The van der Waals surface area contributed by atoms with Crippen LogP contribution < -0.4 is 5.32 Å². The van der Waals surface area contributed by atoms with Crippen LogP contribution in [-0.4, -0.2) is 47.3 Å². The van der Waals surface area contributed by atoms with E-state index in [4.69, 9.17) is 0 Å². The summed E-state index contributed by atoms with van der Waals surface area (Å²) in [7, 11) is 0. The third-order valence-electron chi connectivity index (χ3n) is 4.66. The number of rotatable bonds is 2. The van der Waals surface area contributed by atoms with E-state index in [9.17, 15) is 9.59 Å². The number of carbonyl (C=O) groups excluding carboxylic acids is 2. The molecule has 0 radical (unpaired) electrons. The summed E-state index contributed by atoms with van der Waals surface area (Å²) in [4.78, 5) is 28.4. The summed E-state index contributed by atoms with van der Waals surface area (Å²) < 4.78 is 0. The molecule has 3 rings (SSSR count). The zero-order chi connectivity index (χ0) is 16.4. The Morgan fingerprint density at radius 3 is 2.83 bits per heavy atom. The Hall–Kier alpha value is -2.14. The molecule has 0 aromatic heterocycles. The molecule has 1 aromatic rings. The van der Waals surface area contributed by atoms with Crippen molar-refractivity contribution in [2.24, 2.45) is 0 Å². The summed E-state index contributed by atoms with van der Waals surface area (Å²) >= 11 is 0. The SMILES string of the molecule is CC(=O)N1C=Cc2ccccc2C1CC(=O)N1CCNC[C@@H]1C. The molecule has 1 N–H and O–H groups in total. The van der Waals surface area contributed by atoms with Gasteiger partial charge in [-0.3, -0.25) is 9.59 Å². The molecule has 2 aliphatic rings. The molecule has 1 saturated heterocycles. The number of fused-ring (bicyclic) bond motifs is 1. The Kier molecular flexibility index (Phi) is 4.48. The number of nitrogens with one attached hydrogen (secondary N) is 1. The van der Waals surface area contributed by atoms with E-state index in [0.717, 1.165) is 30.8 Å². The first-order valence-corrected chi connectivity index (χ1v) is 8.14. The van der Waals surface area contributed by atoms with E-state index in [1.54, 1.807) is 18.0 Å². The first-order valence-electron chi connectivity index (χ1n) is 8.14. The van der Waals surface area contributed by atoms with E-state index in [2.05, 4.69) is 12.2 Å². The molecule has 1 fully saturated rings. The van der Waals surface area contributed by atoms with Crippen molar-refractivity contribution < 1.29 is 9.59 Å². The van der Waals surface area contributed by atoms with Crippen molar-refractivity contribution in [3.8, 4) is 0 Å². The summed E-state index contributed by atoms with van der Waals surface area (Å²) in [6.07, 6.45) is 4.06. The average molecular weight is 313 g/mol. The van der Waals surface area contributed by atoms with Crippen LogP contribution in [0.3, 0.4) is 0 Å². The van der Waals surface area contributed by atoms with Crippen LogP contribution in [0.5, 0.6) is 0 Å². The fourth-order valence-electron chi connectivity index (χ4n) is 3.41. The maximum absolute atomic E-state index is 12.8. The minimum absolute atomic E-state index is 0.0399. The second kappa shape index (κ2) is 6.54. The van der Waals surface area contributed by atoms with Crippen molar-refractivity contribution in [2.75, 3.05) is 19.6 Å². The van der Waals surface area contributed by atoms with E-state index in [-0.39, 0.29) is 23.9 Å². The summed E-state index contributed by atoms with van der Waals surface area (Å²) in [5.41, 5.74) is 2.12. The number of hydrogen-bond donors (Lipinski definition) is 1. The third kappa shape index (κ3) is 3.15. The molecule has 0 aliphatic carbocycles. The molecule has 0 saturated carbocycles. The highest BCUT2D eigenvalue weighted by molar-refractivity contribution is 5.82. The molecule has 0 bridgehead atoms. The van der Waals surface area contributed by atoms with E-state index in [1.165, 1.54) is 0 Å². The van der Waals surface area contributed by atoms with Gasteiger partial charge in [-0.05, 0) is 24.1 Å². The summed E-state index contributed by atoms with van der Waals surface area (Å²) in [5, 5.41) is 3.30. The maximum Gasteiger partial charge on any atom is 0.225 e. The molecule has 23 heavy (non-hydrogen) atoms. The number of nitrogens with zero attached hydrogens (tertiary/aromatic N) is 2. The van der Waals surface area contributed by atoms with Gasteiger partial charge < -0.3 is 15.1 Å². The van der Waals surface area contributed by atoms with Gasteiger partial charge in [0.25, 0.3) is 0 Å². The van der Waals surface area contributed by atoms with E-state index >= 15 is 0 Å². The standard InChI is InChI=1S/C18H23N3O2/c1-13-12-19-8-10-20(13)18(23)11-17-16-6-4-3-5-15(16)7-9-21(17)14(2)22/h3-7,9,13,17,19H,8,10-12H2,1-2H3/t13-,17?/m0/s1. The van der Waals surface area contributed by atoms with Crippen molar-refractivity contribution in [3.63, 3.8) is 0 Å². The summed E-state index contributed by atoms with van der Waals surface area (Å²) in [6, 6.07) is 7.94. The molecule has 1 unspecified atom stereocenters. The molecule has 2 heterocycles. The van der Waals surface area contributed by atoms with Gasteiger partial charge in [0, 0.05) is 38.8 Å². The Bertz CT molecular complexity index is 641. The number of hydrogen-bond acceptors (Lipinski definition) is 3. The normalized spacial score (nSPS) is 23.6. The van der Waals surface area contributed by atoms with Crippen LogP contribution in [0.25, 0.3) is 6.08 Å². The van der Waals surface area contributed by atoms with Crippen LogP contribution in [0, 0.1) is 0 Å². The smallest absolute Gasteiger partial charge is 0.225 e. The van der Waals surface area contributed by atoms with Crippen LogP contribution in [0.4, 0.5) is 0 Å². The zero-order valence-electron chi connectivity index (χ0n) is 13.7. The predicted octanol–water partition coefficient (Wildman–Crippen LogP) is 1.77. The molecule has 1 aromatic carbocycles. The average Bonchev–Trinajstić information content (AvgIpc) is 2.55. The number of piperazine rings is 1. The van der Waals surface area contributed by atoms with Crippen molar-refractivity contribution in [3.05, 3.63) is 41.6 Å².